The first-order valence-electron chi connectivity index (χ1n) is 10.5. The van der Waals surface area contributed by atoms with Gasteiger partial charge in [0.15, 0.2) is 0 Å². The van der Waals surface area contributed by atoms with Crippen molar-refractivity contribution in [1.82, 2.24) is 19.9 Å². The fourth-order valence-electron chi connectivity index (χ4n) is 4.11. The quantitative estimate of drug-likeness (QED) is 0.346. The van der Waals surface area contributed by atoms with Crippen molar-refractivity contribution in [3.8, 4) is 16.9 Å². The summed E-state index contributed by atoms with van der Waals surface area (Å²) in [5.74, 6) is 0.831. The summed E-state index contributed by atoms with van der Waals surface area (Å²) in [5, 5.41) is 0. The highest BCUT2D eigenvalue weighted by Crippen LogP contribution is 2.34. The normalized spacial score (nSPS) is 12.3. The van der Waals surface area contributed by atoms with Crippen molar-refractivity contribution < 1.29 is 4.74 Å². The number of aromatic amines is 2. The molecule has 0 atom stereocenters. The summed E-state index contributed by atoms with van der Waals surface area (Å²) in [5.41, 5.74) is 9.64. The van der Waals surface area contributed by atoms with Gasteiger partial charge in [0.2, 0.25) is 0 Å². The van der Waals surface area contributed by atoms with E-state index >= 15 is 0 Å². The summed E-state index contributed by atoms with van der Waals surface area (Å²) in [6, 6.07) is 22.5. The van der Waals surface area contributed by atoms with Gasteiger partial charge in [0.05, 0.1) is 29.9 Å². The summed E-state index contributed by atoms with van der Waals surface area (Å²) in [4.78, 5) is 16.4. The van der Waals surface area contributed by atoms with Gasteiger partial charge in [-0.25, -0.2) is 9.97 Å². The molecule has 0 saturated carbocycles. The maximum atomic E-state index is 5.63. The molecule has 2 aliphatic heterocycles. The Hall–Kier alpha value is -4.38. The Morgan fingerprint density at radius 1 is 0.594 bits per heavy atom. The molecular weight excluding hydrogens is 396 g/mol. The molecule has 0 unspecified atom stereocenters. The van der Waals surface area contributed by atoms with Crippen LogP contribution in [0.4, 0.5) is 0 Å². The number of hydrogen-bond donors (Lipinski definition) is 2. The predicted molar refractivity (Wildman–Crippen MR) is 131 cm³/mol. The first-order valence-corrected chi connectivity index (χ1v) is 10.5. The lowest BCUT2D eigenvalue weighted by Gasteiger charge is -2.06. The van der Waals surface area contributed by atoms with Crippen molar-refractivity contribution in [2.45, 2.75) is 0 Å². The van der Waals surface area contributed by atoms with Crippen LogP contribution in [-0.4, -0.2) is 27.0 Å². The fourth-order valence-corrected chi connectivity index (χ4v) is 4.11. The molecule has 3 aromatic heterocycles. The smallest absolute Gasteiger partial charge is 0.126 e. The van der Waals surface area contributed by atoms with Crippen LogP contribution in [0.1, 0.15) is 22.8 Å². The van der Waals surface area contributed by atoms with E-state index in [0.717, 1.165) is 61.7 Å². The number of methoxy groups -OCH3 is 1. The molecule has 5 nitrogen and oxygen atoms in total. The van der Waals surface area contributed by atoms with Gasteiger partial charge in [0.1, 0.15) is 5.75 Å². The third kappa shape index (κ3) is 3.40. The molecule has 4 aromatic rings. The average molecular weight is 416 g/mol. The molecule has 0 radical (unpaired) electrons. The number of rotatable bonds is 2. The van der Waals surface area contributed by atoms with E-state index in [0.29, 0.717) is 0 Å². The lowest BCUT2D eigenvalue weighted by Crippen LogP contribution is -1.86. The molecule has 0 amide bonds. The van der Waals surface area contributed by atoms with Gasteiger partial charge in [-0.05, 0) is 72.8 Å². The number of ether oxygens (including phenoxy) is 1. The highest BCUT2D eigenvalue weighted by molar-refractivity contribution is 5.90. The Kier molecular flexibility index (Phi) is 4.25. The van der Waals surface area contributed by atoms with Crippen LogP contribution in [-0.2, 0) is 0 Å². The molecule has 0 fully saturated rings. The standard InChI is InChI=1S/C27H20N4O/c1-32-27-5-3-2-4-24(27)25-15-23-14-21-9-8-19(29-21)12-17-6-7-18(28-17)13-20-10-11-22(30-20)16-26(25)31-23/h2-16,29,31H,1H3. The third-order valence-electron chi connectivity index (χ3n) is 5.57. The van der Waals surface area contributed by atoms with E-state index in [1.807, 2.05) is 54.6 Å². The Labute approximate surface area is 184 Å². The fraction of sp³-hybridized carbons (Fsp3) is 0.0370. The van der Waals surface area contributed by atoms with E-state index in [4.69, 9.17) is 9.72 Å². The van der Waals surface area contributed by atoms with E-state index in [1.165, 1.54) is 0 Å². The highest BCUT2D eigenvalue weighted by Gasteiger charge is 2.10. The van der Waals surface area contributed by atoms with Gasteiger partial charge >= 0.3 is 0 Å². The van der Waals surface area contributed by atoms with E-state index in [1.54, 1.807) is 7.11 Å². The molecule has 2 aliphatic rings. The van der Waals surface area contributed by atoms with Crippen LogP contribution in [0.25, 0.3) is 57.5 Å². The first kappa shape index (κ1) is 18.4. The molecule has 5 heterocycles. The zero-order valence-electron chi connectivity index (χ0n) is 17.5. The largest absolute Gasteiger partial charge is 0.496 e. The van der Waals surface area contributed by atoms with Crippen molar-refractivity contribution in [2.24, 2.45) is 0 Å². The molecule has 5 heteroatoms. The number of benzene rings is 1. The second-order valence-corrected chi connectivity index (χ2v) is 7.79. The van der Waals surface area contributed by atoms with Gasteiger partial charge in [-0.2, -0.15) is 0 Å². The maximum Gasteiger partial charge on any atom is 0.126 e. The lowest BCUT2D eigenvalue weighted by molar-refractivity contribution is 0.416. The van der Waals surface area contributed by atoms with Gasteiger partial charge in [0.25, 0.3) is 0 Å². The molecule has 8 bridgehead atoms. The van der Waals surface area contributed by atoms with Gasteiger partial charge in [-0.3, -0.25) is 0 Å². The molecular formula is C27H20N4O. The van der Waals surface area contributed by atoms with Crippen molar-refractivity contribution >= 4 is 46.4 Å². The topological polar surface area (TPSA) is 66.6 Å². The van der Waals surface area contributed by atoms with Crippen LogP contribution < -0.4 is 4.74 Å². The SMILES string of the molecule is COc1ccccc1-c1cc2cc3ccc(cc4nc(cc5nc(cc1[nH]2)C=C5)C=C4)[nH]3. The number of para-hydroxylation sites is 1. The monoisotopic (exact) mass is 416 g/mol. The van der Waals surface area contributed by atoms with Crippen molar-refractivity contribution in [3.05, 3.63) is 89.5 Å². The Morgan fingerprint density at radius 3 is 2.00 bits per heavy atom. The zero-order chi connectivity index (χ0) is 21.5. The number of nitrogens with zero attached hydrogens (tertiary/aromatic N) is 2. The highest BCUT2D eigenvalue weighted by atomic mass is 16.5. The average Bonchev–Trinajstić information content (AvgIpc) is 3.59. The Morgan fingerprint density at radius 2 is 1.25 bits per heavy atom. The molecule has 6 rings (SSSR count). The van der Waals surface area contributed by atoms with Gasteiger partial charge < -0.3 is 14.7 Å². The van der Waals surface area contributed by atoms with Crippen molar-refractivity contribution in [2.75, 3.05) is 7.11 Å². The van der Waals surface area contributed by atoms with Gasteiger partial charge in [0, 0.05) is 33.2 Å². The van der Waals surface area contributed by atoms with E-state index in [9.17, 15) is 0 Å². The van der Waals surface area contributed by atoms with Crippen LogP contribution in [0.15, 0.2) is 66.7 Å². The minimum Gasteiger partial charge on any atom is -0.496 e. The van der Waals surface area contributed by atoms with E-state index < -0.39 is 0 Å². The van der Waals surface area contributed by atoms with E-state index in [2.05, 4.69) is 51.4 Å². The first-order chi connectivity index (χ1) is 15.7. The lowest BCUT2D eigenvalue weighted by atomic mass is 10.1. The second-order valence-electron chi connectivity index (χ2n) is 7.79. The van der Waals surface area contributed by atoms with E-state index in [-0.39, 0.29) is 0 Å². The van der Waals surface area contributed by atoms with Crippen LogP contribution in [0.2, 0.25) is 0 Å². The van der Waals surface area contributed by atoms with Crippen LogP contribution in [0.3, 0.4) is 0 Å². The number of H-pyrrole nitrogens is 2. The Bertz CT molecular complexity index is 1570. The Balaban J connectivity index is 1.68. The number of hydrogen-bond acceptors (Lipinski definition) is 3. The predicted octanol–water partition coefficient (Wildman–Crippen LogP) is 6.33. The summed E-state index contributed by atoms with van der Waals surface area (Å²) in [6.07, 6.45) is 8.06. The van der Waals surface area contributed by atoms with Crippen LogP contribution >= 0.6 is 0 Å². The molecule has 2 N–H and O–H groups in total. The van der Waals surface area contributed by atoms with Gasteiger partial charge in [-0.1, -0.05) is 18.2 Å². The molecule has 0 aliphatic carbocycles. The summed E-state index contributed by atoms with van der Waals surface area (Å²) in [7, 11) is 1.70. The summed E-state index contributed by atoms with van der Waals surface area (Å²) in [6.45, 7) is 0. The number of aromatic nitrogens is 4. The molecule has 154 valence electrons. The minimum atomic E-state index is 0.831. The van der Waals surface area contributed by atoms with Crippen molar-refractivity contribution in [3.63, 3.8) is 0 Å². The molecule has 1 aromatic carbocycles. The van der Waals surface area contributed by atoms with Crippen molar-refractivity contribution in [1.29, 1.82) is 0 Å². The van der Waals surface area contributed by atoms with Crippen LogP contribution in [0.5, 0.6) is 5.75 Å². The maximum absolute atomic E-state index is 5.63. The summed E-state index contributed by atoms with van der Waals surface area (Å²) < 4.78 is 5.63. The second kappa shape index (κ2) is 7.39. The van der Waals surface area contributed by atoms with Crippen LogP contribution in [0, 0.1) is 0 Å². The molecule has 0 spiro atoms. The summed E-state index contributed by atoms with van der Waals surface area (Å²) >= 11 is 0. The molecule has 32 heavy (non-hydrogen) atoms. The molecule has 0 saturated heterocycles. The number of nitrogens with one attached hydrogen (secondary N) is 2. The zero-order valence-corrected chi connectivity index (χ0v) is 17.5. The van der Waals surface area contributed by atoms with Gasteiger partial charge in [-0.15, -0.1) is 0 Å². The number of fused-ring (bicyclic) bond motifs is 8. The third-order valence-corrected chi connectivity index (χ3v) is 5.57. The minimum absolute atomic E-state index is 0.831.